The van der Waals surface area contributed by atoms with Gasteiger partial charge in [0.15, 0.2) is 0 Å². The van der Waals surface area contributed by atoms with Crippen LogP contribution in [0.1, 0.15) is 6.92 Å². The second-order valence-electron chi connectivity index (χ2n) is 6.13. The SMILES string of the molecule is C[C@@H](CO)Nc1nc(Nc2cccc(OC(F)(F)F)c2)cc(-c2cccnc2)n1. The number of nitrogens with one attached hydrogen (secondary N) is 2. The molecule has 3 rings (SSSR count). The van der Waals surface area contributed by atoms with Crippen molar-refractivity contribution < 1.29 is 23.0 Å². The number of hydrogen-bond donors (Lipinski definition) is 3. The molecule has 3 aromatic rings. The van der Waals surface area contributed by atoms with E-state index in [4.69, 9.17) is 0 Å². The molecule has 0 saturated heterocycles. The minimum Gasteiger partial charge on any atom is -0.406 e. The highest BCUT2D eigenvalue weighted by molar-refractivity contribution is 5.67. The summed E-state index contributed by atoms with van der Waals surface area (Å²) in [5.74, 6) is 0.241. The number of aromatic nitrogens is 3. The van der Waals surface area contributed by atoms with Crippen molar-refractivity contribution >= 4 is 17.5 Å². The van der Waals surface area contributed by atoms with Crippen LogP contribution < -0.4 is 15.4 Å². The Balaban J connectivity index is 1.92. The summed E-state index contributed by atoms with van der Waals surface area (Å²) in [6.07, 6.45) is -1.52. The molecule has 10 heteroatoms. The molecule has 0 aliphatic rings. The van der Waals surface area contributed by atoms with Crippen molar-refractivity contribution in [1.29, 1.82) is 0 Å². The Morgan fingerprint density at radius 3 is 2.66 bits per heavy atom. The van der Waals surface area contributed by atoms with Crippen molar-refractivity contribution in [2.75, 3.05) is 17.2 Å². The number of anilines is 3. The lowest BCUT2D eigenvalue weighted by Gasteiger charge is -2.15. The fourth-order valence-corrected chi connectivity index (χ4v) is 2.42. The number of ether oxygens (including phenoxy) is 1. The predicted octanol–water partition coefficient (Wildman–Crippen LogP) is 3.97. The Bertz CT molecular complexity index is 954. The zero-order valence-corrected chi connectivity index (χ0v) is 15.3. The minimum absolute atomic E-state index is 0.125. The summed E-state index contributed by atoms with van der Waals surface area (Å²) in [6.45, 7) is 1.63. The van der Waals surface area contributed by atoms with Crippen molar-refractivity contribution in [3.8, 4) is 17.0 Å². The number of aliphatic hydroxyl groups excluding tert-OH is 1. The lowest BCUT2D eigenvalue weighted by Crippen LogP contribution is -2.21. The second-order valence-corrected chi connectivity index (χ2v) is 6.13. The average molecular weight is 405 g/mol. The number of nitrogens with zero attached hydrogens (tertiary/aromatic N) is 3. The smallest absolute Gasteiger partial charge is 0.406 e. The molecular weight excluding hydrogens is 387 g/mol. The van der Waals surface area contributed by atoms with E-state index in [0.29, 0.717) is 17.2 Å². The van der Waals surface area contributed by atoms with Gasteiger partial charge in [-0.3, -0.25) is 4.98 Å². The van der Waals surface area contributed by atoms with E-state index >= 15 is 0 Å². The predicted molar refractivity (Wildman–Crippen MR) is 102 cm³/mol. The second kappa shape index (κ2) is 8.74. The molecule has 0 aliphatic heterocycles. The molecule has 0 unspecified atom stereocenters. The van der Waals surface area contributed by atoms with Crippen LogP contribution in [0.3, 0.4) is 0 Å². The molecule has 2 aromatic heterocycles. The van der Waals surface area contributed by atoms with Gasteiger partial charge < -0.3 is 20.5 Å². The van der Waals surface area contributed by atoms with Crippen LogP contribution in [0.5, 0.6) is 5.75 Å². The van der Waals surface area contributed by atoms with E-state index in [-0.39, 0.29) is 24.3 Å². The number of hydrogen-bond acceptors (Lipinski definition) is 7. The topological polar surface area (TPSA) is 92.2 Å². The highest BCUT2D eigenvalue weighted by Gasteiger charge is 2.31. The monoisotopic (exact) mass is 405 g/mol. The molecule has 7 nitrogen and oxygen atoms in total. The third-order valence-corrected chi connectivity index (χ3v) is 3.67. The molecule has 0 saturated carbocycles. The van der Waals surface area contributed by atoms with Gasteiger partial charge in [-0.1, -0.05) is 6.07 Å². The molecule has 0 bridgehead atoms. The van der Waals surface area contributed by atoms with Crippen molar-refractivity contribution in [1.82, 2.24) is 15.0 Å². The third kappa shape index (κ3) is 6.04. The molecule has 0 aliphatic carbocycles. The summed E-state index contributed by atoms with van der Waals surface area (Å²) in [6, 6.07) is 10.3. The van der Waals surface area contributed by atoms with Crippen LogP contribution in [0.4, 0.5) is 30.6 Å². The van der Waals surface area contributed by atoms with Gasteiger partial charge >= 0.3 is 6.36 Å². The third-order valence-electron chi connectivity index (χ3n) is 3.67. The Hall–Kier alpha value is -3.40. The maximum atomic E-state index is 12.5. The standard InChI is InChI=1S/C19H18F3N5O2/c1-12(11-28)24-18-26-16(13-4-3-7-23-10-13)9-17(27-18)25-14-5-2-6-15(8-14)29-19(20,21)22/h2-10,12,28H,11H2,1H3,(H2,24,25,26,27)/t12-/m0/s1. The van der Waals surface area contributed by atoms with Gasteiger partial charge in [-0.15, -0.1) is 13.2 Å². The maximum absolute atomic E-state index is 12.5. The van der Waals surface area contributed by atoms with Crippen LogP contribution in [0.2, 0.25) is 0 Å². The van der Waals surface area contributed by atoms with Gasteiger partial charge in [-0.2, -0.15) is 4.98 Å². The van der Waals surface area contributed by atoms with E-state index in [9.17, 15) is 18.3 Å². The first-order valence-corrected chi connectivity index (χ1v) is 8.62. The summed E-state index contributed by atoms with van der Waals surface area (Å²) in [5, 5.41) is 15.2. The van der Waals surface area contributed by atoms with Gasteiger partial charge in [0.1, 0.15) is 11.6 Å². The summed E-state index contributed by atoms with van der Waals surface area (Å²) in [5.41, 5.74) is 1.63. The highest BCUT2D eigenvalue weighted by atomic mass is 19.4. The first-order valence-electron chi connectivity index (χ1n) is 8.62. The molecule has 0 radical (unpaired) electrons. The Morgan fingerprint density at radius 1 is 1.14 bits per heavy atom. The lowest BCUT2D eigenvalue weighted by atomic mass is 10.2. The van der Waals surface area contributed by atoms with E-state index in [2.05, 4.69) is 30.3 Å². The molecule has 3 N–H and O–H groups in total. The summed E-state index contributed by atoms with van der Waals surface area (Å²) in [7, 11) is 0. The van der Waals surface area contributed by atoms with E-state index in [0.717, 1.165) is 5.56 Å². The van der Waals surface area contributed by atoms with Crippen LogP contribution in [-0.4, -0.2) is 39.1 Å². The van der Waals surface area contributed by atoms with Gasteiger partial charge in [0.25, 0.3) is 0 Å². The lowest BCUT2D eigenvalue weighted by molar-refractivity contribution is -0.274. The van der Waals surface area contributed by atoms with Gasteiger partial charge in [0, 0.05) is 41.8 Å². The number of benzene rings is 1. The Morgan fingerprint density at radius 2 is 1.97 bits per heavy atom. The number of halogens is 3. The zero-order valence-electron chi connectivity index (χ0n) is 15.3. The molecule has 152 valence electrons. The molecule has 2 heterocycles. The summed E-state index contributed by atoms with van der Waals surface area (Å²) < 4.78 is 41.3. The molecule has 1 atom stereocenters. The van der Waals surface area contributed by atoms with E-state index < -0.39 is 6.36 Å². The Labute approximate surface area is 164 Å². The van der Waals surface area contributed by atoms with Crippen LogP contribution in [-0.2, 0) is 0 Å². The molecule has 0 fully saturated rings. The van der Waals surface area contributed by atoms with Crippen LogP contribution in [0.15, 0.2) is 54.9 Å². The van der Waals surface area contributed by atoms with Crippen molar-refractivity contribution in [2.24, 2.45) is 0 Å². The Kier molecular flexibility index (Phi) is 6.13. The van der Waals surface area contributed by atoms with E-state index in [1.807, 2.05) is 6.07 Å². The number of aliphatic hydroxyl groups is 1. The first kappa shape index (κ1) is 20.3. The largest absolute Gasteiger partial charge is 0.573 e. The normalized spacial score (nSPS) is 12.3. The summed E-state index contributed by atoms with van der Waals surface area (Å²) >= 11 is 0. The zero-order chi connectivity index (χ0) is 20.9. The van der Waals surface area contributed by atoms with Crippen LogP contribution in [0, 0.1) is 0 Å². The molecule has 0 spiro atoms. The van der Waals surface area contributed by atoms with Gasteiger partial charge in [0.2, 0.25) is 5.95 Å². The molecule has 0 amide bonds. The fourth-order valence-electron chi connectivity index (χ4n) is 2.42. The fraction of sp³-hybridized carbons (Fsp3) is 0.211. The quantitative estimate of drug-likeness (QED) is 0.548. The maximum Gasteiger partial charge on any atom is 0.573 e. The number of alkyl halides is 3. The molecule has 29 heavy (non-hydrogen) atoms. The highest BCUT2D eigenvalue weighted by Crippen LogP contribution is 2.28. The molecule has 1 aromatic carbocycles. The number of pyridine rings is 1. The van der Waals surface area contributed by atoms with Crippen molar-refractivity contribution in [2.45, 2.75) is 19.3 Å². The minimum atomic E-state index is -4.78. The number of rotatable bonds is 7. The van der Waals surface area contributed by atoms with Gasteiger partial charge in [-0.25, -0.2) is 4.98 Å². The van der Waals surface area contributed by atoms with Crippen molar-refractivity contribution in [3.05, 3.63) is 54.9 Å². The van der Waals surface area contributed by atoms with E-state index in [1.165, 1.54) is 18.2 Å². The summed E-state index contributed by atoms with van der Waals surface area (Å²) in [4.78, 5) is 12.8. The van der Waals surface area contributed by atoms with Gasteiger partial charge in [-0.05, 0) is 31.2 Å². The van der Waals surface area contributed by atoms with Crippen molar-refractivity contribution in [3.63, 3.8) is 0 Å². The van der Waals surface area contributed by atoms with Gasteiger partial charge in [0.05, 0.1) is 12.3 Å². The molecular formula is C19H18F3N5O2. The van der Waals surface area contributed by atoms with Crippen LogP contribution >= 0.6 is 0 Å². The first-order chi connectivity index (χ1) is 13.8. The average Bonchev–Trinajstić information content (AvgIpc) is 2.67. The van der Waals surface area contributed by atoms with Crippen LogP contribution in [0.25, 0.3) is 11.3 Å². The van der Waals surface area contributed by atoms with E-state index in [1.54, 1.807) is 37.5 Å².